The van der Waals surface area contributed by atoms with Gasteiger partial charge in [-0.25, -0.2) is 9.78 Å². The lowest BCUT2D eigenvalue weighted by Crippen LogP contribution is -2.40. The van der Waals surface area contributed by atoms with Crippen molar-refractivity contribution in [3.8, 4) is 0 Å². The Morgan fingerprint density at radius 2 is 1.92 bits per heavy atom. The summed E-state index contributed by atoms with van der Waals surface area (Å²) in [5.74, 6) is -0.916. The van der Waals surface area contributed by atoms with Crippen molar-refractivity contribution < 1.29 is 14.7 Å². The average Bonchev–Trinajstić information content (AvgIpc) is 3.20. The van der Waals surface area contributed by atoms with Crippen LogP contribution in [0, 0.1) is 6.92 Å². The first-order chi connectivity index (χ1) is 12.2. The number of hydrogen-bond donors (Lipinski definition) is 1. The monoisotopic (exact) mass is 376 g/mol. The second kappa shape index (κ2) is 6.83. The van der Waals surface area contributed by atoms with E-state index in [-0.39, 0.29) is 22.9 Å². The normalized spacial score (nSPS) is 16.1. The summed E-state index contributed by atoms with van der Waals surface area (Å²) in [7, 11) is 0. The van der Waals surface area contributed by atoms with Crippen LogP contribution in [0.3, 0.4) is 0 Å². The predicted octanol–water partition coefficient (Wildman–Crippen LogP) is 3.12. The van der Waals surface area contributed by atoms with E-state index in [4.69, 9.17) is 0 Å². The molecule has 0 saturated carbocycles. The molecule has 2 aromatic heterocycles. The molecule has 26 heavy (non-hydrogen) atoms. The van der Waals surface area contributed by atoms with Crippen LogP contribution in [0.5, 0.6) is 0 Å². The number of carboxylic acids is 1. The number of carbonyl (C=O) groups is 2. The molecule has 8 heteroatoms. The Hall–Kier alpha value is -2.22. The predicted molar refractivity (Wildman–Crippen MR) is 98.9 cm³/mol. The van der Waals surface area contributed by atoms with Gasteiger partial charge in [0.2, 0.25) is 0 Å². The number of aromatic carboxylic acids is 1. The molecule has 1 N–H and O–H groups in total. The van der Waals surface area contributed by atoms with Crippen LogP contribution in [-0.2, 0) is 5.41 Å². The molecule has 1 amide bonds. The number of carbonyl (C=O) groups excluding carboxylic acids is 1. The van der Waals surface area contributed by atoms with Crippen molar-refractivity contribution in [1.29, 1.82) is 0 Å². The van der Waals surface area contributed by atoms with Crippen LogP contribution in [-0.4, -0.2) is 49.7 Å². The molecule has 0 aliphatic carbocycles. The highest BCUT2D eigenvalue weighted by Crippen LogP contribution is 2.30. The number of likely N-dealkylation sites (tertiary alicyclic amines) is 1. The Bertz CT molecular complexity index is 826. The van der Waals surface area contributed by atoms with Gasteiger partial charge in [0.15, 0.2) is 0 Å². The maximum atomic E-state index is 12.9. The summed E-state index contributed by atoms with van der Waals surface area (Å²) in [6.07, 6.45) is 2.93. The Morgan fingerprint density at radius 3 is 2.46 bits per heavy atom. The van der Waals surface area contributed by atoms with Crippen molar-refractivity contribution in [2.24, 2.45) is 0 Å². The van der Waals surface area contributed by atoms with Crippen molar-refractivity contribution in [1.82, 2.24) is 19.7 Å². The molecule has 2 aromatic rings. The van der Waals surface area contributed by atoms with Gasteiger partial charge in [0.1, 0.15) is 10.4 Å². The zero-order chi connectivity index (χ0) is 19.1. The zero-order valence-corrected chi connectivity index (χ0v) is 16.3. The Kier molecular flexibility index (Phi) is 4.88. The molecule has 0 atom stereocenters. The van der Waals surface area contributed by atoms with E-state index in [0.29, 0.717) is 18.8 Å². The third-order valence-corrected chi connectivity index (χ3v) is 5.66. The van der Waals surface area contributed by atoms with Gasteiger partial charge in [0.25, 0.3) is 5.91 Å². The summed E-state index contributed by atoms with van der Waals surface area (Å²) in [6.45, 7) is 9.23. The Balaban J connectivity index is 1.70. The molecule has 0 aromatic carbocycles. The van der Waals surface area contributed by atoms with E-state index < -0.39 is 5.97 Å². The number of rotatable bonds is 3. The molecule has 3 rings (SSSR count). The van der Waals surface area contributed by atoms with Gasteiger partial charge in [-0.2, -0.15) is 5.10 Å². The maximum Gasteiger partial charge on any atom is 0.339 e. The maximum absolute atomic E-state index is 12.9. The molecule has 7 nitrogen and oxygen atoms in total. The summed E-state index contributed by atoms with van der Waals surface area (Å²) < 4.78 is 1.79. The van der Waals surface area contributed by atoms with Crippen molar-refractivity contribution in [2.45, 2.75) is 52.0 Å². The summed E-state index contributed by atoms with van der Waals surface area (Å²) in [6, 6.07) is 0.121. The fourth-order valence-corrected chi connectivity index (χ4v) is 4.35. The number of amides is 1. The SMILES string of the molecule is Cc1c(C(=O)O)cnn1C1CCN(C(=O)c2scnc2C(C)(C)C)CC1. The first kappa shape index (κ1) is 18.6. The molecule has 0 spiro atoms. The van der Waals surface area contributed by atoms with E-state index in [2.05, 4.69) is 30.9 Å². The summed E-state index contributed by atoms with van der Waals surface area (Å²) in [5, 5.41) is 13.4. The van der Waals surface area contributed by atoms with Gasteiger partial charge in [-0.1, -0.05) is 20.8 Å². The van der Waals surface area contributed by atoms with E-state index in [1.165, 1.54) is 17.5 Å². The number of aromatic nitrogens is 3. The molecule has 1 saturated heterocycles. The van der Waals surface area contributed by atoms with E-state index in [9.17, 15) is 14.7 Å². The smallest absolute Gasteiger partial charge is 0.339 e. The van der Waals surface area contributed by atoms with E-state index in [0.717, 1.165) is 23.4 Å². The van der Waals surface area contributed by atoms with Gasteiger partial charge in [-0.05, 0) is 19.8 Å². The minimum atomic E-state index is -0.957. The molecule has 1 aliphatic heterocycles. The first-order valence-corrected chi connectivity index (χ1v) is 9.58. The third kappa shape index (κ3) is 3.38. The molecular formula is C18H24N4O3S. The van der Waals surface area contributed by atoms with Crippen molar-refractivity contribution in [2.75, 3.05) is 13.1 Å². The van der Waals surface area contributed by atoms with Crippen LogP contribution in [0.15, 0.2) is 11.7 Å². The highest BCUT2D eigenvalue weighted by Gasteiger charge is 2.31. The number of thiazole rings is 1. The molecule has 0 radical (unpaired) electrons. The van der Waals surface area contributed by atoms with E-state index >= 15 is 0 Å². The molecule has 3 heterocycles. The van der Waals surface area contributed by atoms with Crippen LogP contribution in [0.25, 0.3) is 0 Å². The third-order valence-electron chi connectivity index (χ3n) is 4.84. The highest BCUT2D eigenvalue weighted by atomic mass is 32.1. The lowest BCUT2D eigenvalue weighted by Gasteiger charge is -2.33. The topological polar surface area (TPSA) is 88.3 Å². The fraction of sp³-hybridized carbons (Fsp3) is 0.556. The molecule has 0 unspecified atom stereocenters. The lowest BCUT2D eigenvalue weighted by molar-refractivity contribution is 0.0690. The number of nitrogens with zero attached hydrogens (tertiary/aromatic N) is 4. The van der Waals surface area contributed by atoms with Gasteiger partial charge >= 0.3 is 5.97 Å². The van der Waals surface area contributed by atoms with Crippen LogP contribution < -0.4 is 0 Å². The van der Waals surface area contributed by atoms with Gasteiger partial charge in [-0.3, -0.25) is 9.48 Å². The van der Waals surface area contributed by atoms with Gasteiger partial charge in [-0.15, -0.1) is 11.3 Å². The summed E-state index contributed by atoms with van der Waals surface area (Å²) >= 11 is 1.40. The molecule has 1 aliphatic rings. The zero-order valence-electron chi connectivity index (χ0n) is 15.5. The molecule has 0 bridgehead atoms. The van der Waals surface area contributed by atoms with Crippen LogP contribution in [0.2, 0.25) is 0 Å². The second-order valence-corrected chi connectivity index (χ2v) is 8.55. The highest BCUT2D eigenvalue weighted by molar-refractivity contribution is 7.11. The first-order valence-electron chi connectivity index (χ1n) is 8.70. The van der Waals surface area contributed by atoms with Crippen LogP contribution in [0.1, 0.15) is 71.1 Å². The second-order valence-electron chi connectivity index (χ2n) is 7.70. The molecular weight excluding hydrogens is 352 g/mol. The number of carboxylic acid groups (broad SMARTS) is 1. The molecule has 140 valence electrons. The lowest BCUT2D eigenvalue weighted by atomic mass is 9.91. The minimum Gasteiger partial charge on any atom is -0.478 e. The Labute approximate surface area is 156 Å². The van der Waals surface area contributed by atoms with E-state index in [1.807, 2.05) is 4.90 Å². The van der Waals surface area contributed by atoms with Crippen LogP contribution in [0.4, 0.5) is 0 Å². The largest absolute Gasteiger partial charge is 0.478 e. The van der Waals surface area contributed by atoms with Crippen LogP contribution >= 0.6 is 11.3 Å². The van der Waals surface area contributed by atoms with Gasteiger partial charge in [0, 0.05) is 18.5 Å². The van der Waals surface area contributed by atoms with Gasteiger partial charge < -0.3 is 10.0 Å². The number of piperidine rings is 1. The molecule has 1 fully saturated rings. The van der Waals surface area contributed by atoms with Gasteiger partial charge in [0.05, 0.1) is 29.1 Å². The quantitative estimate of drug-likeness (QED) is 0.889. The Morgan fingerprint density at radius 1 is 1.27 bits per heavy atom. The summed E-state index contributed by atoms with van der Waals surface area (Å²) in [4.78, 5) is 31.1. The summed E-state index contributed by atoms with van der Waals surface area (Å²) in [5.41, 5.74) is 3.33. The van der Waals surface area contributed by atoms with Crippen molar-refractivity contribution >= 4 is 23.2 Å². The van der Waals surface area contributed by atoms with Crippen molar-refractivity contribution in [3.05, 3.63) is 33.5 Å². The number of hydrogen-bond acceptors (Lipinski definition) is 5. The van der Waals surface area contributed by atoms with Crippen molar-refractivity contribution in [3.63, 3.8) is 0 Å². The standard InChI is InChI=1S/C18H24N4O3S/c1-11-13(17(24)25)9-20-22(11)12-5-7-21(8-6-12)16(23)14-15(18(2,3)4)19-10-26-14/h9-10,12H,5-8H2,1-4H3,(H,24,25). The average molecular weight is 376 g/mol. The fourth-order valence-electron chi connectivity index (χ4n) is 3.39. The minimum absolute atomic E-state index is 0.0410. The van der Waals surface area contributed by atoms with E-state index in [1.54, 1.807) is 17.1 Å².